The van der Waals surface area contributed by atoms with Gasteiger partial charge in [0.05, 0.1) is 30.5 Å². The van der Waals surface area contributed by atoms with Crippen LogP contribution in [0.25, 0.3) is 0 Å². The fourth-order valence-corrected chi connectivity index (χ4v) is 1.94. The van der Waals surface area contributed by atoms with E-state index in [0.717, 1.165) is 0 Å². The van der Waals surface area contributed by atoms with Crippen LogP contribution in [0.3, 0.4) is 0 Å². The summed E-state index contributed by atoms with van der Waals surface area (Å²) in [5.74, 6) is -0.457. The van der Waals surface area contributed by atoms with Crippen LogP contribution in [0.5, 0.6) is 0 Å². The number of thiocarbonyl (C=S) groups is 1. The SMILES string of the molecule is COC(=O)c1ccc(Cn2cccc(C(N)=S)c2=O)nc1. The first kappa shape index (κ1) is 14.9. The third kappa shape index (κ3) is 3.32. The zero-order valence-electron chi connectivity index (χ0n) is 11.3. The number of aromatic nitrogens is 2. The van der Waals surface area contributed by atoms with Gasteiger partial charge < -0.3 is 15.0 Å². The molecule has 0 radical (unpaired) electrons. The van der Waals surface area contributed by atoms with Crippen molar-refractivity contribution in [1.82, 2.24) is 9.55 Å². The van der Waals surface area contributed by atoms with Crippen molar-refractivity contribution in [3.63, 3.8) is 0 Å². The molecule has 0 fully saturated rings. The van der Waals surface area contributed by atoms with E-state index in [1.807, 2.05) is 0 Å². The van der Waals surface area contributed by atoms with Crippen LogP contribution in [0.15, 0.2) is 41.5 Å². The summed E-state index contributed by atoms with van der Waals surface area (Å²) in [6, 6.07) is 6.52. The Hall–Kier alpha value is -2.54. The highest BCUT2D eigenvalue weighted by atomic mass is 32.1. The number of methoxy groups -OCH3 is 1. The zero-order chi connectivity index (χ0) is 15.4. The lowest BCUT2D eigenvalue weighted by atomic mass is 10.2. The third-order valence-corrected chi connectivity index (χ3v) is 3.08. The third-order valence-electron chi connectivity index (χ3n) is 2.86. The summed E-state index contributed by atoms with van der Waals surface area (Å²) in [5, 5.41) is 0. The lowest BCUT2D eigenvalue weighted by molar-refractivity contribution is 0.0600. The maximum absolute atomic E-state index is 12.1. The molecule has 0 atom stereocenters. The van der Waals surface area contributed by atoms with Crippen molar-refractivity contribution in [2.45, 2.75) is 6.54 Å². The van der Waals surface area contributed by atoms with Gasteiger partial charge in [0.15, 0.2) is 0 Å². The Morgan fingerprint density at radius 2 is 2.19 bits per heavy atom. The summed E-state index contributed by atoms with van der Waals surface area (Å²) in [6.07, 6.45) is 3.03. The number of rotatable bonds is 4. The minimum atomic E-state index is -0.457. The van der Waals surface area contributed by atoms with E-state index in [2.05, 4.69) is 9.72 Å². The van der Waals surface area contributed by atoms with Crippen molar-refractivity contribution >= 4 is 23.2 Å². The van der Waals surface area contributed by atoms with E-state index < -0.39 is 5.97 Å². The average molecular weight is 303 g/mol. The molecule has 0 unspecified atom stereocenters. The summed E-state index contributed by atoms with van der Waals surface area (Å²) >= 11 is 4.83. The van der Waals surface area contributed by atoms with E-state index in [0.29, 0.717) is 16.8 Å². The van der Waals surface area contributed by atoms with Gasteiger partial charge in [-0.1, -0.05) is 12.2 Å². The molecule has 7 heteroatoms. The van der Waals surface area contributed by atoms with Gasteiger partial charge in [-0.3, -0.25) is 9.78 Å². The molecule has 2 aromatic rings. The minimum absolute atomic E-state index is 0.0587. The van der Waals surface area contributed by atoms with E-state index in [1.54, 1.807) is 30.5 Å². The lowest BCUT2D eigenvalue weighted by Crippen LogP contribution is -2.28. The van der Waals surface area contributed by atoms with Gasteiger partial charge in [-0.05, 0) is 24.3 Å². The Labute approximate surface area is 126 Å². The Morgan fingerprint density at radius 3 is 2.76 bits per heavy atom. The number of ether oxygens (including phenoxy) is 1. The summed E-state index contributed by atoms with van der Waals surface area (Å²) < 4.78 is 6.05. The van der Waals surface area contributed by atoms with Crippen molar-refractivity contribution in [2.24, 2.45) is 5.73 Å². The largest absolute Gasteiger partial charge is 0.465 e. The van der Waals surface area contributed by atoms with Crippen molar-refractivity contribution in [3.05, 3.63) is 63.8 Å². The molecular formula is C14H13N3O3S. The summed E-state index contributed by atoms with van der Waals surface area (Å²) in [6.45, 7) is 0.261. The van der Waals surface area contributed by atoms with E-state index in [1.165, 1.54) is 17.9 Å². The number of nitrogens with two attached hydrogens (primary N) is 1. The first-order chi connectivity index (χ1) is 10.0. The number of hydrogen-bond acceptors (Lipinski definition) is 5. The number of pyridine rings is 2. The number of carbonyl (C=O) groups is 1. The normalized spacial score (nSPS) is 10.1. The fraction of sp³-hybridized carbons (Fsp3) is 0.143. The summed E-state index contributed by atoms with van der Waals surface area (Å²) in [4.78, 5) is 27.6. The lowest BCUT2D eigenvalue weighted by Gasteiger charge is -2.07. The molecule has 0 amide bonds. The number of carbonyl (C=O) groups excluding carboxylic acids is 1. The molecule has 6 nitrogen and oxygen atoms in total. The van der Waals surface area contributed by atoms with Crippen LogP contribution in [-0.2, 0) is 11.3 Å². The van der Waals surface area contributed by atoms with Gasteiger partial charge in [0.25, 0.3) is 5.56 Å². The van der Waals surface area contributed by atoms with Crippen molar-refractivity contribution in [3.8, 4) is 0 Å². The fourth-order valence-electron chi connectivity index (χ4n) is 1.78. The molecule has 0 aliphatic carbocycles. The number of hydrogen-bond donors (Lipinski definition) is 1. The van der Waals surface area contributed by atoms with Gasteiger partial charge in [0.1, 0.15) is 4.99 Å². The van der Waals surface area contributed by atoms with Gasteiger partial charge in [-0.15, -0.1) is 0 Å². The standard InChI is InChI=1S/C14H13N3O3S/c1-20-14(19)9-4-5-10(16-7-9)8-17-6-2-3-11(12(15)21)13(17)18/h2-7H,8H2,1H3,(H2,15,21). The molecule has 21 heavy (non-hydrogen) atoms. The topological polar surface area (TPSA) is 87.2 Å². The molecule has 2 N–H and O–H groups in total. The van der Waals surface area contributed by atoms with Gasteiger partial charge in [0.2, 0.25) is 0 Å². The Balaban J connectivity index is 2.27. The van der Waals surface area contributed by atoms with Gasteiger partial charge >= 0.3 is 5.97 Å². The van der Waals surface area contributed by atoms with Crippen LogP contribution >= 0.6 is 12.2 Å². The molecule has 2 aromatic heterocycles. The molecule has 0 aliphatic heterocycles. The maximum atomic E-state index is 12.1. The predicted octanol–water partition coefficient (Wildman–Crippen LogP) is 0.712. The van der Waals surface area contributed by atoms with Gasteiger partial charge in [-0.2, -0.15) is 0 Å². The molecule has 0 spiro atoms. The van der Waals surface area contributed by atoms with E-state index >= 15 is 0 Å². The average Bonchev–Trinajstić information content (AvgIpc) is 2.49. The molecule has 2 rings (SSSR count). The zero-order valence-corrected chi connectivity index (χ0v) is 12.1. The van der Waals surface area contributed by atoms with Crippen LogP contribution in [0.1, 0.15) is 21.6 Å². The number of nitrogens with zero attached hydrogens (tertiary/aromatic N) is 2. The quantitative estimate of drug-likeness (QED) is 0.661. The summed E-state index contributed by atoms with van der Waals surface area (Å²) in [5.41, 5.74) is 6.49. The molecule has 108 valence electrons. The highest BCUT2D eigenvalue weighted by Crippen LogP contribution is 2.03. The smallest absolute Gasteiger partial charge is 0.339 e. The van der Waals surface area contributed by atoms with Gasteiger partial charge in [0, 0.05) is 12.4 Å². The Morgan fingerprint density at radius 1 is 1.43 bits per heavy atom. The maximum Gasteiger partial charge on any atom is 0.339 e. The Kier molecular flexibility index (Phi) is 4.44. The second-order valence-electron chi connectivity index (χ2n) is 4.25. The second kappa shape index (κ2) is 6.27. The molecule has 0 saturated carbocycles. The highest BCUT2D eigenvalue weighted by Gasteiger charge is 2.08. The van der Waals surface area contributed by atoms with Crippen molar-refractivity contribution in [1.29, 1.82) is 0 Å². The van der Waals surface area contributed by atoms with E-state index in [-0.39, 0.29) is 17.1 Å². The number of esters is 1. The minimum Gasteiger partial charge on any atom is -0.465 e. The first-order valence-corrected chi connectivity index (χ1v) is 6.46. The highest BCUT2D eigenvalue weighted by molar-refractivity contribution is 7.80. The second-order valence-corrected chi connectivity index (χ2v) is 4.69. The van der Waals surface area contributed by atoms with Crippen LogP contribution in [-0.4, -0.2) is 27.6 Å². The van der Waals surface area contributed by atoms with Crippen molar-refractivity contribution in [2.75, 3.05) is 7.11 Å². The van der Waals surface area contributed by atoms with Crippen LogP contribution in [0.4, 0.5) is 0 Å². The van der Waals surface area contributed by atoms with E-state index in [4.69, 9.17) is 18.0 Å². The Bertz CT molecular complexity index is 738. The first-order valence-electron chi connectivity index (χ1n) is 6.05. The van der Waals surface area contributed by atoms with Crippen molar-refractivity contribution < 1.29 is 9.53 Å². The molecule has 2 heterocycles. The predicted molar refractivity (Wildman–Crippen MR) is 81.3 cm³/mol. The summed E-state index contributed by atoms with van der Waals surface area (Å²) in [7, 11) is 1.30. The molecule has 0 aromatic carbocycles. The van der Waals surface area contributed by atoms with Crippen LogP contribution < -0.4 is 11.3 Å². The molecule has 0 saturated heterocycles. The molecular weight excluding hydrogens is 290 g/mol. The molecule has 0 bridgehead atoms. The van der Waals surface area contributed by atoms with E-state index in [9.17, 15) is 9.59 Å². The van der Waals surface area contributed by atoms with Crippen LogP contribution in [0, 0.1) is 0 Å². The monoisotopic (exact) mass is 303 g/mol. The molecule has 0 aliphatic rings. The van der Waals surface area contributed by atoms with Gasteiger partial charge in [-0.25, -0.2) is 4.79 Å². The van der Waals surface area contributed by atoms with Crippen LogP contribution in [0.2, 0.25) is 0 Å².